The third-order valence-corrected chi connectivity index (χ3v) is 5.62. The molecule has 2 aliphatic rings. The van der Waals surface area contributed by atoms with Gasteiger partial charge in [-0.2, -0.15) is 0 Å². The highest BCUT2D eigenvalue weighted by Crippen LogP contribution is 2.40. The maximum atomic E-state index is 6.10. The van der Waals surface area contributed by atoms with Crippen LogP contribution in [-0.4, -0.2) is 32.7 Å². The predicted octanol–water partition coefficient (Wildman–Crippen LogP) is 3.10. The SMILES string of the molecule is CCC1CCC(CN)C(N2CCN(C)c3ccccc32)C1. The molecule has 1 heterocycles. The molecule has 1 saturated carbocycles. The Morgan fingerprint density at radius 1 is 1.14 bits per heavy atom. The van der Waals surface area contributed by atoms with Crippen LogP contribution < -0.4 is 15.5 Å². The van der Waals surface area contributed by atoms with Crippen LogP contribution in [0.3, 0.4) is 0 Å². The van der Waals surface area contributed by atoms with Crippen LogP contribution in [0.2, 0.25) is 0 Å². The molecule has 3 atom stereocenters. The Balaban J connectivity index is 1.89. The second-order valence-corrected chi connectivity index (χ2v) is 6.75. The Bertz CT molecular complexity index is 473. The van der Waals surface area contributed by atoms with Gasteiger partial charge in [-0.25, -0.2) is 0 Å². The van der Waals surface area contributed by atoms with E-state index in [2.05, 4.69) is 48.0 Å². The van der Waals surface area contributed by atoms with Crippen molar-refractivity contribution in [2.75, 3.05) is 36.5 Å². The van der Waals surface area contributed by atoms with Crippen LogP contribution in [0.4, 0.5) is 11.4 Å². The molecular weight excluding hydrogens is 258 g/mol. The summed E-state index contributed by atoms with van der Waals surface area (Å²) in [5.41, 5.74) is 8.88. The maximum Gasteiger partial charge on any atom is 0.0607 e. The van der Waals surface area contributed by atoms with Crippen LogP contribution in [0.5, 0.6) is 0 Å². The molecular formula is C18H29N3. The number of hydrogen-bond acceptors (Lipinski definition) is 3. The van der Waals surface area contributed by atoms with Crippen LogP contribution in [0.15, 0.2) is 24.3 Å². The molecule has 1 aromatic rings. The summed E-state index contributed by atoms with van der Waals surface area (Å²) in [4.78, 5) is 5.04. The maximum absolute atomic E-state index is 6.10. The van der Waals surface area contributed by atoms with Gasteiger partial charge < -0.3 is 15.5 Å². The summed E-state index contributed by atoms with van der Waals surface area (Å²) in [6.07, 6.45) is 5.29. The first-order chi connectivity index (χ1) is 10.2. The molecule has 1 aliphatic heterocycles. The second kappa shape index (κ2) is 6.27. The van der Waals surface area contributed by atoms with E-state index in [4.69, 9.17) is 5.73 Å². The zero-order chi connectivity index (χ0) is 14.8. The van der Waals surface area contributed by atoms with Gasteiger partial charge in [0.05, 0.1) is 11.4 Å². The fraction of sp³-hybridized carbons (Fsp3) is 0.667. The number of anilines is 2. The number of hydrogen-bond donors (Lipinski definition) is 1. The van der Waals surface area contributed by atoms with Gasteiger partial charge >= 0.3 is 0 Å². The minimum atomic E-state index is 0.628. The summed E-state index contributed by atoms with van der Waals surface area (Å²) in [5.74, 6) is 1.54. The number of para-hydroxylation sites is 2. The summed E-state index contributed by atoms with van der Waals surface area (Å²) in [6, 6.07) is 9.48. The van der Waals surface area contributed by atoms with Gasteiger partial charge in [0.15, 0.2) is 0 Å². The quantitative estimate of drug-likeness (QED) is 0.927. The van der Waals surface area contributed by atoms with E-state index in [0.29, 0.717) is 12.0 Å². The number of nitrogens with zero attached hydrogens (tertiary/aromatic N) is 2. The molecule has 3 nitrogen and oxygen atoms in total. The lowest BCUT2D eigenvalue weighted by molar-refractivity contribution is 0.227. The molecule has 0 aromatic heterocycles. The van der Waals surface area contributed by atoms with E-state index in [1.54, 1.807) is 0 Å². The van der Waals surface area contributed by atoms with Crippen molar-refractivity contribution >= 4 is 11.4 Å². The van der Waals surface area contributed by atoms with Crippen molar-refractivity contribution in [2.24, 2.45) is 17.6 Å². The Morgan fingerprint density at radius 2 is 1.90 bits per heavy atom. The summed E-state index contributed by atoms with van der Waals surface area (Å²) in [7, 11) is 2.20. The third kappa shape index (κ3) is 2.76. The number of benzene rings is 1. The van der Waals surface area contributed by atoms with Crippen molar-refractivity contribution in [1.29, 1.82) is 0 Å². The van der Waals surface area contributed by atoms with Crippen LogP contribution >= 0.6 is 0 Å². The minimum absolute atomic E-state index is 0.628. The van der Waals surface area contributed by atoms with E-state index in [-0.39, 0.29) is 0 Å². The highest BCUT2D eigenvalue weighted by molar-refractivity contribution is 5.73. The Morgan fingerprint density at radius 3 is 2.62 bits per heavy atom. The van der Waals surface area contributed by atoms with Crippen molar-refractivity contribution in [2.45, 2.75) is 38.6 Å². The lowest BCUT2D eigenvalue weighted by Gasteiger charge is -2.47. The van der Waals surface area contributed by atoms with Crippen LogP contribution in [0, 0.1) is 11.8 Å². The van der Waals surface area contributed by atoms with E-state index >= 15 is 0 Å². The predicted molar refractivity (Wildman–Crippen MR) is 91.0 cm³/mol. The van der Waals surface area contributed by atoms with Gasteiger partial charge in [0, 0.05) is 26.2 Å². The summed E-state index contributed by atoms with van der Waals surface area (Å²) in [5, 5.41) is 0. The average Bonchev–Trinajstić information content (AvgIpc) is 2.55. The molecule has 0 saturated heterocycles. The van der Waals surface area contributed by atoms with Gasteiger partial charge in [0.2, 0.25) is 0 Å². The molecule has 21 heavy (non-hydrogen) atoms. The van der Waals surface area contributed by atoms with Crippen LogP contribution in [0.1, 0.15) is 32.6 Å². The largest absolute Gasteiger partial charge is 0.371 e. The summed E-state index contributed by atoms with van der Waals surface area (Å²) < 4.78 is 0. The smallest absolute Gasteiger partial charge is 0.0607 e. The molecule has 2 N–H and O–H groups in total. The van der Waals surface area contributed by atoms with Crippen molar-refractivity contribution in [3.8, 4) is 0 Å². The fourth-order valence-electron chi connectivity index (χ4n) is 4.19. The van der Waals surface area contributed by atoms with Gasteiger partial charge in [0.25, 0.3) is 0 Å². The average molecular weight is 287 g/mol. The fourth-order valence-corrected chi connectivity index (χ4v) is 4.19. The van der Waals surface area contributed by atoms with Gasteiger partial charge in [-0.15, -0.1) is 0 Å². The molecule has 116 valence electrons. The van der Waals surface area contributed by atoms with Crippen LogP contribution in [0.25, 0.3) is 0 Å². The van der Waals surface area contributed by atoms with E-state index in [1.807, 2.05) is 0 Å². The van der Waals surface area contributed by atoms with Gasteiger partial charge in [0.1, 0.15) is 0 Å². The van der Waals surface area contributed by atoms with Crippen molar-refractivity contribution in [1.82, 2.24) is 0 Å². The Hall–Kier alpha value is -1.22. The first-order valence-corrected chi connectivity index (χ1v) is 8.51. The normalized spacial score (nSPS) is 29.4. The Kier molecular flexibility index (Phi) is 4.39. The molecule has 0 amide bonds. The summed E-state index contributed by atoms with van der Waals surface area (Å²) in [6.45, 7) is 5.41. The van der Waals surface area contributed by atoms with Gasteiger partial charge in [-0.1, -0.05) is 25.5 Å². The second-order valence-electron chi connectivity index (χ2n) is 6.75. The molecule has 0 bridgehead atoms. The van der Waals surface area contributed by atoms with E-state index in [0.717, 1.165) is 25.6 Å². The molecule has 3 unspecified atom stereocenters. The Labute approximate surface area is 129 Å². The van der Waals surface area contributed by atoms with Crippen molar-refractivity contribution in [3.05, 3.63) is 24.3 Å². The van der Waals surface area contributed by atoms with E-state index in [1.165, 1.54) is 37.1 Å². The molecule has 1 aliphatic carbocycles. The lowest BCUT2D eigenvalue weighted by atomic mass is 9.76. The highest BCUT2D eigenvalue weighted by Gasteiger charge is 2.35. The monoisotopic (exact) mass is 287 g/mol. The molecule has 3 rings (SSSR count). The van der Waals surface area contributed by atoms with Crippen molar-refractivity contribution < 1.29 is 0 Å². The number of fused-ring (bicyclic) bond motifs is 1. The van der Waals surface area contributed by atoms with Gasteiger partial charge in [-0.05, 0) is 49.8 Å². The zero-order valence-electron chi connectivity index (χ0n) is 13.5. The molecule has 1 fully saturated rings. The first-order valence-electron chi connectivity index (χ1n) is 8.51. The standard InChI is InChI=1S/C18H29N3/c1-3-14-8-9-15(13-19)18(12-14)21-11-10-20(2)16-6-4-5-7-17(16)21/h4-7,14-15,18H,3,8-13,19H2,1-2H3. The lowest BCUT2D eigenvalue weighted by Crippen LogP contribution is -2.51. The molecule has 3 heteroatoms. The third-order valence-electron chi connectivity index (χ3n) is 5.62. The van der Waals surface area contributed by atoms with E-state index in [9.17, 15) is 0 Å². The van der Waals surface area contributed by atoms with Gasteiger partial charge in [-0.3, -0.25) is 0 Å². The first kappa shape index (κ1) is 14.7. The number of rotatable bonds is 3. The van der Waals surface area contributed by atoms with Crippen LogP contribution in [-0.2, 0) is 0 Å². The highest BCUT2D eigenvalue weighted by atomic mass is 15.3. The van der Waals surface area contributed by atoms with E-state index < -0.39 is 0 Å². The summed E-state index contributed by atoms with van der Waals surface area (Å²) >= 11 is 0. The zero-order valence-corrected chi connectivity index (χ0v) is 13.5. The number of likely N-dealkylation sites (N-methyl/N-ethyl adjacent to an activating group) is 1. The minimum Gasteiger partial charge on any atom is -0.371 e. The molecule has 0 spiro atoms. The molecule has 0 radical (unpaired) electrons. The number of nitrogens with two attached hydrogens (primary N) is 1. The topological polar surface area (TPSA) is 32.5 Å². The van der Waals surface area contributed by atoms with Crippen molar-refractivity contribution in [3.63, 3.8) is 0 Å². The molecule has 1 aromatic carbocycles.